The molecule has 0 amide bonds. The molecule has 0 radical (unpaired) electrons. The van der Waals surface area contributed by atoms with Crippen molar-refractivity contribution in [3.63, 3.8) is 0 Å². The lowest BCUT2D eigenvalue weighted by Crippen LogP contribution is -2.21. The molecule has 0 spiro atoms. The van der Waals surface area contributed by atoms with Crippen molar-refractivity contribution in [3.05, 3.63) is 51.6 Å². The molecule has 0 N–H and O–H groups in total. The van der Waals surface area contributed by atoms with Gasteiger partial charge in [-0.2, -0.15) is 0 Å². The molecule has 4 rings (SSSR count). The van der Waals surface area contributed by atoms with Crippen LogP contribution in [0.25, 0.3) is 16.7 Å². The van der Waals surface area contributed by atoms with Crippen molar-refractivity contribution >= 4 is 16.7 Å². The summed E-state index contributed by atoms with van der Waals surface area (Å²) < 4.78 is 1.73. The first-order valence-electron chi connectivity index (χ1n) is 9.11. The molecular weight excluding hydrogens is 298 g/mol. The van der Waals surface area contributed by atoms with E-state index >= 15 is 0 Å². The lowest BCUT2D eigenvalue weighted by molar-refractivity contribution is 0.873. The summed E-state index contributed by atoms with van der Waals surface area (Å²) in [6, 6.07) is 7.49. The normalized spacial score (nSPS) is 12.2. The molecule has 0 unspecified atom stereocenters. The highest BCUT2D eigenvalue weighted by Crippen LogP contribution is 2.25. The van der Waals surface area contributed by atoms with Crippen LogP contribution in [0.15, 0.2) is 29.1 Å². The van der Waals surface area contributed by atoms with Gasteiger partial charge in [-0.25, -0.2) is 14.4 Å². The predicted octanol–water partition coefficient (Wildman–Crippen LogP) is 4.35. The summed E-state index contributed by atoms with van der Waals surface area (Å²) in [5, 5.41) is 0.671. The van der Waals surface area contributed by atoms with Gasteiger partial charge in [0.1, 0.15) is 0 Å². The van der Waals surface area contributed by atoms with Gasteiger partial charge in [-0.15, -0.1) is 0 Å². The highest BCUT2D eigenvalue weighted by molar-refractivity contribution is 5.79. The second-order valence-corrected chi connectivity index (χ2v) is 5.26. The molecule has 4 heteroatoms. The summed E-state index contributed by atoms with van der Waals surface area (Å²) in [7, 11) is 0. The molecule has 4 nitrogen and oxygen atoms in total. The summed E-state index contributed by atoms with van der Waals surface area (Å²) in [4.78, 5) is 21.9. The van der Waals surface area contributed by atoms with Crippen molar-refractivity contribution in [2.45, 2.75) is 60.3 Å². The number of rotatable bonds is 1. The average Bonchev–Trinajstić information content (AvgIpc) is 3.14. The van der Waals surface area contributed by atoms with E-state index in [9.17, 15) is 4.79 Å². The third-order valence-electron chi connectivity index (χ3n) is 4.13. The summed E-state index contributed by atoms with van der Waals surface area (Å²) in [5.41, 5.74) is 4.22. The zero-order valence-corrected chi connectivity index (χ0v) is 15.4. The maximum Gasteiger partial charge on any atom is 0.267 e. The van der Waals surface area contributed by atoms with Gasteiger partial charge in [0.25, 0.3) is 5.56 Å². The van der Waals surface area contributed by atoms with Crippen molar-refractivity contribution in [1.29, 1.82) is 0 Å². The first-order chi connectivity index (χ1) is 11.8. The lowest BCUT2D eigenvalue weighted by Gasteiger charge is -2.11. The molecule has 2 aromatic heterocycles. The summed E-state index contributed by atoms with van der Waals surface area (Å²) in [6.07, 6.45) is 3.96. The van der Waals surface area contributed by atoms with E-state index < -0.39 is 0 Å². The number of para-hydroxylation sites is 1. The van der Waals surface area contributed by atoms with Crippen LogP contribution < -0.4 is 5.56 Å². The summed E-state index contributed by atoms with van der Waals surface area (Å²) >= 11 is 0. The van der Waals surface area contributed by atoms with Crippen LogP contribution in [0.5, 0.6) is 0 Å². The Morgan fingerprint density at radius 2 is 1.75 bits per heavy atom. The monoisotopic (exact) mass is 325 g/mol. The standard InChI is InChI=1S/C16H15N3O.2C2H6/c1-2-12-10-7-5-9-14(10)19-15(20)11-6-3-4-8-13(11)18-16(19)17-12;2*1-2/h3-4,6,8H,2,5,7,9H2,1H3;2*1-2H3. The molecule has 1 aliphatic rings. The van der Waals surface area contributed by atoms with E-state index in [1.165, 1.54) is 5.56 Å². The van der Waals surface area contributed by atoms with Crippen LogP contribution in [0.3, 0.4) is 0 Å². The fourth-order valence-electron chi connectivity index (χ4n) is 3.21. The van der Waals surface area contributed by atoms with Gasteiger partial charge in [0, 0.05) is 11.4 Å². The minimum absolute atomic E-state index is 0.0129. The zero-order chi connectivity index (χ0) is 17.7. The number of nitrogens with zero attached hydrogens (tertiary/aromatic N) is 3. The van der Waals surface area contributed by atoms with Crippen molar-refractivity contribution in [2.75, 3.05) is 0 Å². The third-order valence-corrected chi connectivity index (χ3v) is 4.13. The van der Waals surface area contributed by atoms with Crippen molar-refractivity contribution in [2.24, 2.45) is 0 Å². The van der Waals surface area contributed by atoms with E-state index in [0.29, 0.717) is 11.2 Å². The maximum absolute atomic E-state index is 12.7. The highest BCUT2D eigenvalue weighted by atomic mass is 16.1. The Bertz CT molecular complexity index is 897. The first kappa shape index (κ1) is 18.1. The van der Waals surface area contributed by atoms with Crippen molar-refractivity contribution in [1.82, 2.24) is 14.4 Å². The molecule has 3 aromatic rings. The average molecular weight is 325 g/mol. The minimum atomic E-state index is 0.0129. The predicted molar refractivity (Wildman–Crippen MR) is 101 cm³/mol. The number of fused-ring (bicyclic) bond motifs is 4. The summed E-state index contributed by atoms with van der Waals surface area (Å²) in [5.74, 6) is 0.547. The van der Waals surface area contributed by atoms with Crippen molar-refractivity contribution < 1.29 is 0 Å². The molecule has 1 aliphatic carbocycles. The molecule has 0 saturated carbocycles. The quantitative estimate of drug-likeness (QED) is 0.625. The Kier molecular flexibility index (Phi) is 6.07. The first-order valence-corrected chi connectivity index (χ1v) is 9.11. The van der Waals surface area contributed by atoms with Crippen molar-refractivity contribution in [3.8, 4) is 0 Å². The van der Waals surface area contributed by atoms with E-state index in [4.69, 9.17) is 0 Å². The van der Waals surface area contributed by atoms with Gasteiger partial charge in [0.05, 0.1) is 10.9 Å². The van der Waals surface area contributed by atoms with Crippen LogP contribution in [0.4, 0.5) is 0 Å². The zero-order valence-electron chi connectivity index (χ0n) is 15.4. The van der Waals surface area contributed by atoms with Gasteiger partial charge in [-0.3, -0.25) is 4.79 Å². The van der Waals surface area contributed by atoms with E-state index in [-0.39, 0.29) is 5.56 Å². The molecular formula is C20H27N3O. The van der Waals surface area contributed by atoms with Crippen LogP contribution in [-0.2, 0) is 19.3 Å². The molecule has 128 valence electrons. The van der Waals surface area contributed by atoms with Crippen LogP contribution in [-0.4, -0.2) is 14.4 Å². The molecule has 0 saturated heterocycles. The Balaban J connectivity index is 0.000000487. The largest absolute Gasteiger partial charge is 0.268 e. The lowest BCUT2D eigenvalue weighted by atomic mass is 10.1. The Labute approximate surface area is 143 Å². The smallest absolute Gasteiger partial charge is 0.267 e. The van der Waals surface area contributed by atoms with Gasteiger partial charge in [-0.1, -0.05) is 46.8 Å². The van der Waals surface area contributed by atoms with Gasteiger partial charge in [0.15, 0.2) is 0 Å². The Morgan fingerprint density at radius 1 is 1.04 bits per heavy atom. The topological polar surface area (TPSA) is 47.3 Å². The molecule has 1 aromatic carbocycles. The van der Waals surface area contributed by atoms with E-state index in [0.717, 1.165) is 42.6 Å². The Hall–Kier alpha value is -2.23. The third kappa shape index (κ3) is 2.93. The highest BCUT2D eigenvalue weighted by Gasteiger charge is 2.21. The molecule has 0 fully saturated rings. The minimum Gasteiger partial charge on any atom is -0.268 e. The second kappa shape index (κ2) is 8.04. The van der Waals surface area contributed by atoms with Crippen LogP contribution >= 0.6 is 0 Å². The van der Waals surface area contributed by atoms with Crippen LogP contribution in [0.2, 0.25) is 0 Å². The summed E-state index contributed by atoms with van der Waals surface area (Å²) in [6.45, 7) is 10.1. The second-order valence-electron chi connectivity index (χ2n) is 5.26. The number of benzene rings is 1. The van der Waals surface area contributed by atoms with E-state index in [1.54, 1.807) is 4.40 Å². The van der Waals surface area contributed by atoms with Crippen LogP contribution in [0, 0.1) is 0 Å². The number of aryl methyl sites for hydroxylation is 2. The van der Waals surface area contributed by atoms with Gasteiger partial charge in [0.2, 0.25) is 5.78 Å². The van der Waals surface area contributed by atoms with Crippen LogP contribution in [0.1, 0.15) is 58.0 Å². The van der Waals surface area contributed by atoms with Gasteiger partial charge >= 0.3 is 0 Å². The number of hydrogen-bond acceptors (Lipinski definition) is 3. The SMILES string of the molecule is CC.CC.CCc1nc2nc3ccccc3c(=O)n2c2c1CCC2. The molecule has 0 aliphatic heterocycles. The van der Waals surface area contributed by atoms with E-state index in [1.807, 2.05) is 52.0 Å². The molecule has 2 heterocycles. The number of aromatic nitrogens is 3. The molecule has 0 bridgehead atoms. The number of hydrogen-bond donors (Lipinski definition) is 0. The fourth-order valence-corrected chi connectivity index (χ4v) is 3.21. The Morgan fingerprint density at radius 3 is 2.46 bits per heavy atom. The van der Waals surface area contributed by atoms with Gasteiger partial charge in [-0.05, 0) is 43.4 Å². The maximum atomic E-state index is 12.7. The molecule has 24 heavy (non-hydrogen) atoms. The van der Waals surface area contributed by atoms with Gasteiger partial charge < -0.3 is 0 Å². The van der Waals surface area contributed by atoms with E-state index in [2.05, 4.69) is 16.9 Å². The molecule has 0 atom stereocenters. The fraction of sp³-hybridized carbons (Fsp3) is 0.450.